The van der Waals surface area contributed by atoms with Crippen LogP contribution in [0.3, 0.4) is 0 Å². The van der Waals surface area contributed by atoms with Crippen LogP contribution in [-0.4, -0.2) is 23.2 Å². The molecule has 0 fully saturated rings. The van der Waals surface area contributed by atoms with Crippen molar-refractivity contribution in [2.75, 3.05) is 0 Å². The molecule has 0 spiro atoms. The minimum absolute atomic E-state index is 0. The van der Waals surface area contributed by atoms with Crippen LogP contribution < -0.4 is 11.5 Å². The van der Waals surface area contributed by atoms with Gasteiger partial charge in [-0.1, -0.05) is 44.2 Å². The molecular weight excluding hydrogens is 248 g/mol. The van der Waals surface area contributed by atoms with Crippen LogP contribution in [0, 0.1) is 5.92 Å². The molecule has 0 aliphatic heterocycles. The molecule has 3 radical (unpaired) electrons. The molecule has 0 bridgehead atoms. The average molecular weight is 265 g/mol. The summed E-state index contributed by atoms with van der Waals surface area (Å²) in [7, 11) is 0. The minimum Gasteiger partial charge on any atom is -0.480 e. The van der Waals surface area contributed by atoms with E-state index in [1.165, 1.54) is 0 Å². The quantitative estimate of drug-likeness (QED) is 0.842. The predicted molar refractivity (Wildman–Crippen MR) is 68.2 cm³/mol. The van der Waals surface area contributed by atoms with Crippen molar-refractivity contribution in [3.8, 4) is 0 Å². The first-order valence-electron chi connectivity index (χ1n) is 5.70. The van der Waals surface area contributed by atoms with Crippen molar-refractivity contribution in [1.29, 1.82) is 0 Å². The molecule has 103 valence electrons. The Bertz CT molecular complexity index is 406. The van der Waals surface area contributed by atoms with Gasteiger partial charge in [0.1, 0.15) is 12.6 Å². The van der Waals surface area contributed by atoms with Gasteiger partial charge in [-0.2, -0.15) is 0 Å². The Hall–Kier alpha value is -2.08. The molecule has 0 heterocycles. The number of carboxylic acids is 1. The fraction of sp³-hybridized carbons (Fsp3) is 0.385. The summed E-state index contributed by atoms with van der Waals surface area (Å²) in [5.74, 6) is -1.27. The largest absolute Gasteiger partial charge is 0.480 e. The van der Waals surface area contributed by atoms with Gasteiger partial charge >= 0.3 is 12.1 Å². The van der Waals surface area contributed by atoms with Gasteiger partial charge in [0, 0.05) is 6.15 Å². The highest BCUT2D eigenvalue weighted by Gasteiger charge is 2.23. The van der Waals surface area contributed by atoms with Gasteiger partial charge in [0.05, 0.1) is 0 Å². The lowest BCUT2D eigenvalue weighted by Gasteiger charge is -2.17. The van der Waals surface area contributed by atoms with Crippen LogP contribution in [0.1, 0.15) is 19.4 Å². The molecule has 1 aromatic rings. The predicted octanol–water partition coefficient (Wildman–Crippen LogP) is 1.54. The zero-order chi connectivity index (χ0) is 13.5. The van der Waals surface area contributed by atoms with E-state index in [0.717, 1.165) is 5.56 Å². The van der Waals surface area contributed by atoms with Crippen LogP contribution in [0.2, 0.25) is 0 Å². The Morgan fingerprint density at radius 1 is 1.26 bits per heavy atom. The first-order chi connectivity index (χ1) is 8.50. The molecule has 0 saturated carbocycles. The number of nitrogens with zero attached hydrogens (tertiary/aromatic N) is 1. The smallest absolute Gasteiger partial charge is 0.408 e. The first kappa shape index (κ1) is 16.9. The molecule has 0 unspecified atom stereocenters. The third-order valence-corrected chi connectivity index (χ3v) is 2.42. The van der Waals surface area contributed by atoms with Crippen molar-refractivity contribution in [2.24, 2.45) is 5.92 Å². The number of rotatable bonds is 5. The Labute approximate surface area is 112 Å². The average Bonchev–Trinajstić information content (AvgIpc) is 2.34. The Morgan fingerprint density at radius 2 is 1.84 bits per heavy atom. The molecular formula is C13H17N2O4. The van der Waals surface area contributed by atoms with E-state index in [9.17, 15) is 9.59 Å². The molecule has 6 heteroatoms. The van der Waals surface area contributed by atoms with E-state index in [1.54, 1.807) is 13.8 Å². The summed E-state index contributed by atoms with van der Waals surface area (Å²) in [6.45, 7) is 3.56. The molecule has 1 aromatic carbocycles. The standard InChI is InChI=1S/C13H17NO4.N/c1-9(2)11(12(15)16)14-13(17)18-8-10-6-4-3-5-7-10;/h3-7,9,11H,8H2,1-2H3,(H,14,17)(H,15,16);/t11-;/m0./s1. The van der Waals surface area contributed by atoms with Crippen LogP contribution >= 0.6 is 0 Å². The van der Waals surface area contributed by atoms with Crippen molar-refractivity contribution < 1.29 is 19.4 Å². The molecule has 0 aliphatic carbocycles. The van der Waals surface area contributed by atoms with Crippen molar-refractivity contribution in [3.05, 3.63) is 35.9 Å². The highest BCUT2D eigenvalue weighted by atomic mass is 16.5. The number of carboxylic acid groups (broad SMARTS) is 1. The van der Waals surface area contributed by atoms with E-state index in [0.29, 0.717) is 0 Å². The number of alkyl carbamates (subject to hydrolysis) is 1. The third kappa shape index (κ3) is 5.87. The summed E-state index contributed by atoms with van der Waals surface area (Å²) in [4.78, 5) is 22.3. The summed E-state index contributed by atoms with van der Waals surface area (Å²) in [6, 6.07) is 8.25. The molecule has 1 amide bonds. The van der Waals surface area contributed by atoms with Gasteiger partial charge < -0.3 is 15.2 Å². The lowest BCUT2D eigenvalue weighted by Crippen LogP contribution is -2.44. The Kier molecular flexibility index (Phi) is 7.21. The van der Waals surface area contributed by atoms with Gasteiger partial charge in [-0.3, -0.25) is 0 Å². The van der Waals surface area contributed by atoms with Crippen molar-refractivity contribution >= 4 is 12.1 Å². The molecule has 1 atom stereocenters. The highest BCUT2D eigenvalue weighted by molar-refractivity contribution is 5.80. The zero-order valence-corrected chi connectivity index (χ0v) is 10.9. The second-order valence-corrected chi connectivity index (χ2v) is 4.27. The van der Waals surface area contributed by atoms with Crippen LogP contribution in [-0.2, 0) is 16.1 Å². The Morgan fingerprint density at radius 3 is 2.32 bits per heavy atom. The van der Waals surface area contributed by atoms with Crippen LogP contribution in [0.5, 0.6) is 0 Å². The van der Waals surface area contributed by atoms with Gasteiger partial charge in [0.25, 0.3) is 0 Å². The summed E-state index contributed by atoms with van der Waals surface area (Å²) >= 11 is 0. The van der Waals surface area contributed by atoms with Gasteiger partial charge in [0.2, 0.25) is 0 Å². The summed E-state index contributed by atoms with van der Waals surface area (Å²) in [6.07, 6.45) is -0.722. The monoisotopic (exact) mass is 265 g/mol. The molecule has 0 saturated heterocycles. The van der Waals surface area contributed by atoms with E-state index in [2.05, 4.69) is 5.32 Å². The number of ether oxygens (including phenoxy) is 1. The van der Waals surface area contributed by atoms with Crippen molar-refractivity contribution in [3.63, 3.8) is 0 Å². The lowest BCUT2D eigenvalue weighted by molar-refractivity contribution is -0.140. The van der Waals surface area contributed by atoms with Gasteiger partial charge in [-0.05, 0) is 11.5 Å². The van der Waals surface area contributed by atoms with E-state index in [1.807, 2.05) is 30.3 Å². The number of nitrogens with one attached hydrogen (secondary N) is 1. The molecule has 1 rings (SSSR count). The number of hydrogen-bond acceptors (Lipinski definition) is 3. The van der Waals surface area contributed by atoms with E-state index >= 15 is 0 Å². The molecule has 2 N–H and O–H groups in total. The van der Waals surface area contributed by atoms with E-state index in [4.69, 9.17) is 9.84 Å². The number of benzene rings is 1. The second kappa shape index (κ2) is 8.10. The van der Waals surface area contributed by atoms with Gasteiger partial charge in [-0.15, -0.1) is 0 Å². The molecule has 0 aliphatic rings. The second-order valence-electron chi connectivity index (χ2n) is 4.27. The fourth-order valence-electron chi connectivity index (χ4n) is 1.41. The van der Waals surface area contributed by atoms with E-state index < -0.39 is 18.1 Å². The maximum absolute atomic E-state index is 11.4. The molecule has 0 aromatic heterocycles. The van der Waals surface area contributed by atoms with Crippen molar-refractivity contribution in [2.45, 2.75) is 26.5 Å². The molecule has 19 heavy (non-hydrogen) atoms. The summed E-state index contributed by atoms with van der Waals surface area (Å²) in [5.41, 5.74) is 0.851. The number of carbonyl (C=O) groups is 2. The maximum atomic E-state index is 11.4. The number of hydrogen-bond donors (Lipinski definition) is 2. The minimum atomic E-state index is -1.07. The maximum Gasteiger partial charge on any atom is 0.408 e. The van der Waals surface area contributed by atoms with Crippen molar-refractivity contribution in [1.82, 2.24) is 11.5 Å². The fourth-order valence-corrected chi connectivity index (χ4v) is 1.41. The molecule has 6 nitrogen and oxygen atoms in total. The lowest BCUT2D eigenvalue weighted by atomic mass is 10.1. The Balaban J connectivity index is 0.00000324. The van der Waals surface area contributed by atoms with E-state index in [-0.39, 0.29) is 18.7 Å². The van der Waals surface area contributed by atoms with Crippen LogP contribution in [0.4, 0.5) is 4.79 Å². The SMILES string of the molecule is CC(C)[C@H](NC(=O)OCc1ccccc1)C(=O)O.[N]. The van der Waals surface area contributed by atoms with Crippen LogP contribution in [0.25, 0.3) is 0 Å². The normalized spacial score (nSPS) is 11.3. The summed E-state index contributed by atoms with van der Waals surface area (Å²) in [5, 5.41) is 11.2. The van der Waals surface area contributed by atoms with Gasteiger partial charge in [0.15, 0.2) is 0 Å². The first-order valence-corrected chi connectivity index (χ1v) is 5.70. The number of amides is 1. The zero-order valence-electron chi connectivity index (χ0n) is 10.9. The number of aliphatic carboxylic acids is 1. The topological polar surface area (TPSA) is 106 Å². The number of carbonyl (C=O) groups excluding carboxylic acids is 1. The highest BCUT2D eigenvalue weighted by Crippen LogP contribution is 2.04. The third-order valence-electron chi connectivity index (χ3n) is 2.42. The van der Waals surface area contributed by atoms with Gasteiger partial charge in [-0.25, -0.2) is 9.59 Å². The van der Waals surface area contributed by atoms with Crippen LogP contribution in [0.15, 0.2) is 30.3 Å². The summed E-state index contributed by atoms with van der Waals surface area (Å²) < 4.78 is 4.95.